The molecule has 4 heteroatoms. The Kier molecular flexibility index (Phi) is 2.74. The van der Waals surface area contributed by atoms with E-state index in [1.54, 1.807) is 7.11 Å². The van der Waals surface area contributed by atoms with Gasteiger partial charge in [-0.1, -0.05) is 12.1 Å². The van der Waals surface area contributed by atoms with E-state index in [0.717, 1.165) is 30.1 Å². The minimum Gasteiger partial charge on any atom is -0.497 e. The van der Waals surface area contributed by atoms with E-state index in [-0.39, 0.29) is 0 Å². The summed E-state index contributed by atoms with van der Waals surface area (Å²) in [5.74, 6) is 1.85. The lowest BCUT2D eigenvalue weighted by Gasteiger charge is -2.26. The van der Waals surface area contributed by atoms with E-state index in [2.05, 4.69) is 9.89 Å². The molecule has 2 heterocycles. The van der Waals surface area contributed by atoms with Crippen LogP contribution in [0.3, 0.4) is 0 Å². The Labute approximate surface area is 107 Å². The van der Waals surface area contributed by atoms with Crippen LogP contribution >= 0.6 is 0 Å². The number of nitrogens with zero attached hydrogens (tertiary/aromatic N) is 2. The molecule has 1 aromatic carbocycles. The van der Waals surface area contributed by atoms with Gasteiger partial charge in [0, 0.05) is 18.5 Å². The van der Waals surface area contributed by atoms with Crippen LogP contribution in [0.25, 0.3) is 0 Å². The number of fused-ring (bicyclic) bond motifs is 1. The molecular formula is C14H18N2O2. The minimum absolute atomic E-state index is 0.578. The summed E-state index contributed by atoms with van der Waals surface area (Å²) in [5.41, 5.74) is -0.239. The lowest BCUT2D eigenvalue weighted by molar-refractivity contribution is 0.0414. The second-order valence-electron chi connectivity index (χ2n) is 4.95. The molecule has 0 radical (unpaired) electrons. The number of ether oxygens (including phenoxy) is 1. The molecule has 4 nitrogen and oxygen atoms in total. The molecule has 0 aliphatic carbocycles. The molecule has 2 aliphatic heterocycles. The molecule has 0 spiro atoms. The smallest absolute Gasteiger partial charge is 0.201 e. The number of hydrogen-bond donors (Lipinski definition) is 1. The zero-order chi connectivity index (χ0) is 12.6. The van der Waals surface area contributed by atoms with Crippen LogP contribution in [0.4, 0.5) is 0 Å². The number of piperidine rings is 1. The van der Waals surface area contributed by atoms with Crippen molar-refractivity contribution in [2.75, 3.05) is 20.2 Å². The second kappa shape index (κ2) is 4.28. The number of rotatable bonds is 2. The molecule has 1 aromatic rings. The lowest BCUT2D eigenvalue weighted by Crippen LogP contribution is -2.36. The van der Waals surface area contributed by atoms with Gasteiger partial charge in [-0.25, -0.2) is 4.99 Å². The molecule has 1 unspecified atom stereocenters. The first-order valence-corrected chi connectivity index (χ1v) is 6.42. The monoisotopic (exact) mass is 246 g/mol. The van der Waals surface area contributed by atoms with E-state index in [1.165, 1.54) is 12.8 Å². The maximum Gasteiger partial charge on any atom is 0.201 e. The van der Waals surface area contributed by atoms with Crippen molar-refractivity contribution in [3.63, 3.8) is 0 Å². The van der Waals surface area contributed by atoms with Gasteiger partial charge in [0.2, 0.25) is 5.72 Å². The topological polar surface area (TPSA) is 45.1 Å². The molecule has 18 heavy (non-hydrogen) atoms. The zero-order valence-electron chi connectivity index (χ0n) is 10.6. The van der Waals surface area contributed by atoms with Gasteiger partial charge in [-0.15, -0.1) is 0 Å². The van der Waals surface area contributed by atoms with Crippen molar-refractivity contribution in [1.29, 1.82) is 0 Å². The fourth-order valence-electron chi connectivity index (χ4n) is 2.70. The summed E-state index contributed by atoms with van der Waals surface area (Å²) in [6.45, 7) is 1.59. The average molecular weight is 246 g/mol. The number of benzene rings is 1. The number of methoxy groups -OCH3 is 1. The molecule has 1 saturated heterocycles. The highest BCUT2D eigenvalue weighted by Crippen LogP contribution is 2.33. The fraction of sp³-hybridized carbons (Fsp3) is 0.500. The Bertz CT molecular complexity index is 469. The summed E-state index contributed by atoms with van der Waals surface area (Å²) in [5, 5.41) is 10.7. The maximum absolute atomic E-state index is 10.7. The SMILES string of the molecule is COc1ccc(C2(O)CN3CCCCC3=N2)cc1. The summed E-state index contributed by atoms with van der Waals surface area (Å²) in [7, 11) is 1.64. The van der Waals surface area contributed by atoms with E-state index in [1.807, 2.05) is 24.3 Å². The normalized spacial score (nSPS) is 26.8. The third-order valence-electron chi connectivity index (χ3n) is 3.72. The van der Waals surface area contributed by atoms with Crippen molar-refractivity contribution in [2.45, 2.75) is 25.0 Å². The first-order valence-electron chi connectivity index (χ1n) is 6.42. The molecule has 0 bridgehead atoms. The predicted octanol–water partition coefficient (Wildman–Crippen LogP) is 1.74. The molecule has 2 aliphatic rings. The van der Waals surface area contributed by atoms with Crippen molar-refractivity contribution < 1.29 is 9.84 Å². The minimum atomic E-state index is -1.08. The van der Waals surface area contributed by atoms with Gasteiger partial charge in [-0.05, 0) is 25.0 Å². The molecule has 1 N–H and O–H groups in total. The summed E-state index contributed by atoms with van der Waals surface area (Å²) < 4.78 is 5.13. The van der Waals surface area contributed by atoms with Crippen molar-refractivity contribution in [3.8, 4) is 5.75 Å². The van der Waals surface area contributed by atoms with Crippen LogP contribution in [0.5, 0.6) is 5.75 Å². The van der Waals surface area contributed by atoms with Crippen LogP contribution in [0, 0.1) is 0 Å². The van der Waals surface area contributed by atoms with Gasteiger partial charge in [-0.2, -0.15) is 0 Å². The molecule has 1 atom stereocenters. The van der Waals surface area contributed by atoms with E-state index < -0.39 is 5.72 Å². The van der Waals surface area contributed by atoms with Gasteiger partial charge in [0.05, 0.1) is 13.7 Å². The third-order valence-corrected chi connectivity index (χ3v) is 3.72. The fourth-order valence-corrected chi connectivity index (χ4v) is 2.70. The highest BCUT2D eigenvalue weighted by atomic mass is 16.5. The number of aliphatic imine (C=N–C) groups is 1. The van der Waals surface area contributed by atoms with Gasteiger partial charge < -0.3 is 14.7 Å². The number of aliphatic hydroxyl groups is 1. The van der Waals surface area contributed by atoms with Gasteiger partial charge in [0.15, 0.2) is 0 Å². The molecule has 1 fully saturated rings. The van der Waals surface area contributed by atoms with Gasteiger partial charge in [0.25, 0.3) is 0 Å². The molecular weight excluding hydrogens is 228 g/mol. The summed E-state index contributed by atoms with van der Waals surface area (Å²) in [6, 6.07) is 7.51. The average Bonchev–Trinajstić information content (AvgIpc) is 2.76. The third kappa shape index (κ3) is 1.86. The Hall–Kier alpha value is -1.55. The lowest BCUT2D eigenvalue weighted by atomic mass is 10.0. The van der Waals surface area contributed by atoms with Crippen LogP contribution in [0.2, 0.25) is 0 Å². The Balaban J connectivity index is 1.88. The summed E-state index contributed by atoms with van der Waals surface area (Å²) in [4.78, 5) is 6.73. The Morgan fingerprint density at radius 3 is 2.72 bits per heavy atom. The van der Waals surface area contributed by atoms with E-state index in [9.17, 15) is 5.11 Å². The van der Waals surface area contributed by atoms with E-state index >= 15 is 0 Å². The van der Waals surface area contributed by atoms with Crippen LogP contribution in [-0.2, 0) is 5.72 Å². The van der Waals surface area contributed by atoms with Gasteiger partial charge >= 0.3 is 0 Å². The molecule has 0 amide bonds. The molecule has 96 valence electrons. The quantitative estimate of drug-likeness (QED) is 0.864. The molecule has 0 aromatic heterocycles. The van der Waals surface area contributed by atoms with Crippen LogP contribution < -0.4 is 4.74 Å². The van der Waals surface area contributed by atoms with Crippen LogP contribution in [0.15, 0.2) is 29.3 Å². The highest BCUT2D eigenvalue weighted by molar-refractivity contribution is 5.85. The number of amidine groups is 1. The van der Waals surface area contributed by atoms with Crippen molar-refractivity contribution in [3.05, 3.63) is 29.8 Å². The van der Waals surface area contributed by atoms with Crippen molar-refractivity contribution in [2.24, 2.45) is 4.99 Å². The maximum atomic E-state index is 10.7. The summed E-state index contributed by atoms with van der Waals surface area (Å²) >= 11 is 0. The van der Waals surface area contributed by atoms with Gasteiger partial charge in [-0.3, -0.25) is 0 Å². The standard InChI is InChI=1S/C14H18N2O2/c1-18-12-7-5-11(6-8-12)14(17)10-16-9-3-2-4-13(16)15-14/h5-8,17H,2-4,9-10H2,1H3. The van der Waals surface area contributed by atoms with Crippen LogP contribution in [-0.4, -0.2) is 36.0 Å². The van der Waals surface area contributed by atoms with Crippen molar-refractivity contribution in [1.82, 2.24) is 4.90 Å². The Morgan fingerprint density at radius 1 is 1.28 bits per heavy atom. The van der Waals surface area contributed by atoms with E-state index in [4.69, 9.17) is 4.74 Å². The van der Waals surface area contributed by atoms with E-state index in [0.29, 0.717) is 6.54 Å². The van der Waals surface area contributed by atoms with Crippen molar-refractivity contribution >= 4 is 5.84 Å². The zero-order valence-corrected chi connectivity index (χ0v) is 10.6. The van der Waals surface area contributed by atoms with Gasteiger partial charge in [0.1, 0.15) is 11.6 Å². The largest absolute Gasteiger partial charge is 0.497 e. The Morgan fingerprint density at radius 2 is 2.06 bits per heavy atom. The number of hydrogen-bond acceptors (Lipinski definition) is 4. The second-order valence-corrected chi connectivity index (χ2v) is 4.95. The predicted molar refractivity (Wildman–Crippen MR) is 69.7 cm³/mol. The summed E-state index contributed by atoms with van der Waals surface area (Å²) in [6.07, 6.45) is 3.35. The first kappa shape index (κ1) is 11.5. The molecule has 0 saturated carbocycles. The highest BCUT2D eigenvalue weighted by Gasteiger charge is 2.39. The molecule has 3 rings (SSSR count). The first-order chi connectivity index (χ1) is 8.71. The van der Waals surface area contributed by atoms with Crippen LogP contribution in [0.1, 0.15) is 24.8 Å².